The second-order valence-corrected chi connectivity index (χ2v) is 10.4. The number of nitrogens with zero attached hydrogens (tertiary/aromatic N) is 2. The third kappa shape index (κ3) is 6.97. The zero-order valence-corrected chi connectivity index (χ0v) is 23.8. The maximum Gasteiger partial charge on any atom is 0.338 e. The predicted octanol–water partition coefficient (Wildman–Crippen LogP) is 4.93. The molecule has 226 valence electrons. The maximum atomic E-state index is 14.2. The number of nitrogens with one attached hydrogen (secondary N) is 2. The predicted molar refractivity (Wildman–Crippen MR) is 157 cm³/mol. The van der Waals surface area contributed by atoms with Gasteiger partial charge >= 0.3 is 17.9 Å². The number of ether oxygens (including phenoxy) is 1. The normalized spacial score (nSPS) is 14.4. The van der Waals surface area contributed by atoms with E-state index in [4.69, 9.17) is 4.74 Å². The lowest BCUT2D eigenvalue weighted by Crippen LogP contribution is -2.60. The van der Waals surface area contributed by atoms with Crippen molar-refractivity contribution in [2.75, 3.05) is 37.5 Å². The minimum absolute atomic E-state index is 0.000304. The Balaban J connectivity index is 1.51. The van der Waals surface area contributed by atoms with Crippen molar-refractivity contribution in [1.29, 1.82) is 0 Å². The quantitative estimate of drug-likeness (QED) is 0.286. The van der Waals surface area contributed by atoms with Gasteiger partial charge in [-0.2, -0.15) is 0 Å². The fraction of sp³-hybridized carbons (Fsp3) is 0.290. The van der Waals surface area contributed by atoms with Gasteiger partial charge in [-0.15, -0.1) is 0 Å². The van der Waals surface area contributed by atoms with Gasteiger partial charge in [-0.3, -0.25) is 4.79 Å². The molecule has 0 aromatic heterocycles. The Morgan fingerprint density at radius 2 is 1.63 bits per heavy atom. The van der Waals surface area contributed by atoms with Gasteiger partial charge in [0.2, 0.25) is 0 Å². The van der Waals surface area contributed by atoms with E-state index in [-0.39, 0.29) is 40.0 Å². The van der Waals surface area contributed by atoms with Crippen LogP contribution in [0, 0.1) is 11.6 Å². The number of aromatic carboxylic acids is 1. The number of likely N-dealkylation sites (N-methyl/N-ethyl adjacent to an activating group) is 2. The van der Waals surface area contributed by atoms with Crippen LogP contribution in [0.25, 0.3) is 0 Å². The number of amides is 4. The number of rotatable bonds is 10. The van der Waals surface area contributed by atoms with Gasteiger partial charge in [-0.25, -0.2) is 27.6 Å². The number of carbonyl (C=O) groups excluding carboxylic acids is 3. The minimum atomic E-state index is -1.14. The lowest BCUT2D eigenvalue weighted by molar-refractivity contribution is -0.130. The summed E-state index contributed by atoms with van der Waals surface area (Å²) >= 11 is 0. The summed E-state index contributed by atoms with van der Waals surface area (Å²) in [4.78, 5) is 51.4. The molecule has 3 N–H and O–H groups in total. The summed E-state index contributed by atoms with van der Waals surface area (Å²) in [6, 6.07) is 15.0. The third-order valence-corrected chi connectivity index (χ3v) is 7.70. The summed E-state index contributed by atoms with van der Waals surface area (Å²) in [5.74, 6) is -3.72. The van der Waals surface area contributed by atoms with Crippen LogP contribution in [0.3, 0.4) is 0 Å². The summed E-state index contributed by atoms with van der Waals surface area (Å²) in [7, 11) is 2.98. The standard InChI is InChI=1S/C31H32F2N4O6/c1-36(29-23(32)13-8-14-24(29)33)27(38)19-43-26-16-6-5-15-25(26)37(2,22-11-3-4-12-22)28(39)18-34-31(42)35-21-10-7-9-20(17-21)30(40)41/h5-10,13-17,22H,3-4,11-12,18-19H2,1-2H3,(H2-,34,35,40,41,42)/p+1. The van der Waals surface area contributed by atoms with Crippen molar-refractivity contribution < 1.29 is 37.8 Å². The number of quaternary nitrogens is 1. The zero-order valence-electron chi connectivity index (χ0n) is 23.8. The van der Waals surface area contributed by atoms with E-state index in [1.54, 1.807) is 31.3 Å². The molecule has 4 amide bonds. The second kappa shape index (κ2) is 13.4. The smallest absolute Gasteiger partial charge is 0.338 e. The Morgan fingerprint density at radius 1 is 0.977 bits per heavy atom. The first kappa shape index (κ1) is 31.1. The number of carboxylic acid groups (broad SMARTS) is 1. The van der Waals surface area contributed by atoms with Crippen LogP contribution in [0.15, 0.2) is 66.7 Å². The molecule has 3 aromatic carbocycles. The largest absolute Gasteiger partial charge is 0.478 e. The Morgan fingerprint density at radius 3 is 2.30 bits per heavy atom. The van der Waals surface area contributed by atoms with Gasteiger partial charge in [-0.05, 0) is 49.2 Å². The fourth-order valence-corrected chi connectivity index (χ4v) is 5.31. The molecule has 1 fully saturated rings. The van der Waals surface area contributed by atoms with Crippen molar-refractivity contribution in [3.8, 4) is 5.75 Å². The number of carbonyl (C=O) groups is 4. The molecule has 10 nitrogen and oxygen atoms in total. The highest BCUT2D eigenvalue weighted by Gasteiger charge is 2.45. The summed E-state index contributed by atoms with van der Waals surface area (Å²) < 4.78 is 34.1. The number of anilines is 2. The van der Waals surface area contributed by atoms with Crippen molar-refractivity contribution in [1.82, 2.24) is 9.80 Å². The third-order valence-electron chi connectivity index (χ3n) is 7.70. The summed E-state index contributed by atoms with van der Waals surface area (Å²) in [6.45, 7) is -0.893. The van der Waals surface area contributed by atoms with E-state index >= 15 is 0 Å². The maximum absolute atomic E-state index is 14.2. The number of halogens is 2. The average Bonchev–Trinajstić information content (AvgIpc) is 3.54. The SMILES string of the molecule is CN(C(=O)COc1ccccc1[N+](C)(C(=O)CNC(=O)Nc1cccc(C(=O)O)c1)C1CCCC1)c1c(F)cccc1F. The Hall–Kier alpha value is -4.84. The number of benzene rings is 3. The van der Waals surface area contributed by atoms with Crippen LogP contribution in [-0.4, -0.2) is 62.2 Å². The average molecular weight is 596 g/mol. The lowest BCUT2D eigenvalue weighted by atomic mass is 10.1. The van der Waals surface area contributed by atoms with Crippen molar-refractivity contribution in [2.24, 2.45) is 0 Å². The Kier molecular flexibility index (Phi) is 9.71. The molecule has 1 saturated carbocycles. The van der Waals surface area contributed by atoms with Crippen LogP contribution in [0.2, 0.25) is 0 Å². The molecule has 0 spiro atoms. The van der Waals surface area contributed by atoms with Crippen LogP contribution in [0.1, 0.15) is 36.0 Å². The van der Waals surface area contributed by atoms with Crippen LogP contribution in [0.4, 0.5) is 30.6 Å². The second-order valence-electron chi connectivity index (χ2n) is 10.4. The Labute approximate surface area is 247 Å². The summed E-state index contributed by atoms with van der Waals surface area (Å²) in [5, 5.41) is 14.3. The molecule has 4 rings (SSSR count). The molecule has 1 aliphatic carbocycles. The van der Waals surface area contributed by atoms with Gasteiger partial charge in [-0.1, -0.05) is 24.3 Å². The van der Waals surface area contributed by atoms with E-state index in [9.17, 15) is 33.1 Å². The van der Waals surface area contributed by atoms with Crippen LogP contribution in [-0.2, 0) is 9.59 Å². The zero-order chi connectivity index (χ0) is 31.1. The highest BCUT2D eigenvalue weighted by atomic mass is 19.1. The molecule has 0 aliphatic heterocycles. The van der Waals surface area contributed by atoms with Gasteiger partial charge < -0.3 is 25.4 Å². The topological polar surface area (TPSA) is 125 Å². The van der Waals surface area contributed by atoms with E-state index < -0.39 is 41.8 Å². The van der Waals surface area contributed by atoms with Crippen molar-refractivity contribution in [3.05, 3.63) is 83.9 Å². The van der Waals surface area contributed by atoms with Gasteiger partial charge in [0, 0.05) is 31.6 Å². The molecule has 1 unspecified atom stereocenters. The molecule has 0 heterocycles. The van der Waals surface area contributed by atoms with E-state index in [1.165, 1.54) is 37.4 Å². The molecule has 3 aromatic rings. The number of para-hydroxylation sites is 3. The molecular weight excluding hydrogens is 562 g/mol. The number of urea groups is 1. The van der Waals surface area contributed by atoms with Crippen LogP contribution in [0.5, 0.6) is 5.75 Å². The van der Waals surface area contributed by atoms with Crippen LogP contribution >= 0.6 is 0 Å². The molecule has 0 bridgehead atoms. The van der Waals surface area contributed by atoms with Crippen molar-refractivity contribution in [3.63, 3.8) is 0 Å². The van der Waals surface area contributed by atoms with Crippen molar-refractivity contribution in [2.45, 2.75) is 31.7 Å². The molecule has 43 heavy (non-hydrogen) atoms. The summed E-state index contributed by atoms with van der Waals surface area (Å²) in [6.07, 6.45) is 3.33. The van der Waals surface area contributed by atoms with E-state index in [2.05, 4.69) is 10.6 Å². The molecule has 12 heteroatoms. The lowest BCUT2D eigenvalue weighted by Gasteiger charge is -2.37. The van der Waals surface area contributed by atoms with Crippen molar-refractivity contribution >= 4 is 40.9 Å². The van der Waals surface area contributed by atoms with Gasteiger partial charge in [0.15, 0.2) is 18.0 Å². The molecular formula is C31H33F2N4O6+. The van der Waals surface area contributed by atoms with Gasteiger partial charge in [0.25, 0.3) is 5.91 Å². The van der Waals surface area contributed by atoms with Gasteiger partial charge in [0.1, 0.15) is 29.9 Å². The molecule has 0 radical (unpaired) electrons. The minimum Gasteiger partial charge on any atom is -0.478 e. The van der Waals surface area contributed by atoms with Crippen LogP contribution < -0.4 is 24.8 Å². The first-order chi connectivity index (χ1) is 20.5. The van der Waals surface area contributed by atoms with Gasteiger partial charge in [0.05, 0.1) is 12.6 Å². The first-order valence-electron chi connectivity index (χ1n) is 13.7. The highest BCUT2D eigenvalue weighted by molar-refractivity contribution is 5.98. The fourth-order valence-electron chi connectivity index (χ4n) is 5.31. The van der Waals surface area contributed by atoms with E-state index in [1.807, 2.05) is 0 Å². The monoisotopic (exact) mass is 595 g/mol. The molecule has 1 atom stereocenters. The Bertz CT molecular complexity index is 1510. The number of hydrogen-bond donors (Lipinski definition) is 3. The summed E-state index contributed by atoms with van der Waals surface area (Å²) in [5.41, 5.74) is 0.231. The number of hydrogen-bond acceptors (Lipinski definition) is 5. The first-order valence-corrected chi connectivity index (χ1v) is 13.7. The van der Waals surface area contributed by atoms with E-state index in [0.717, 1.165) is 42.7 Å². The molecule has 1 aliphatic rings. The molecule has 0 saturated heterocycles. The highest BCUT2D eigenvalue weighted by Crippen LogP contribution is 2.39. The van der Waals surface area contributed by atoms with E-state index in [0.29, 0.717) is 5.69 Å². The number of carboxylic acids is 1.